The molecule has 0 aromatic heterocycles. The number of hydrogen-bond acceptors (Lipinski definition) is 2. The van der Waals surface area contributed by atoms with E-state index in [1.165, 1.54) is 0 Å². The fraction of sp³-hybridized carbons (Fsp3) is 0.417. The monoisotopic (exact) mass is 219 g/mol. The third kappa shape index (κ3) is 1.96. The van der Waals surface area contributed by atoms with Gasteiger partial charge in [0.25, 0.3) is 0 Å². The van der Waals surface area contributed by atoms with Crippen molar-refractivity contribution >= 4 is 11.7 Å². The SMILES string of the molecule is CN(C)C(=O)NC1(c2cccc(N)c2)CC1. The largest absolute Gasteiger partial charge is 0.399 e. The van der Waals surface area contributed by atoms with Crippen molar-refractivity contribution < 1.29 is 4.79 Å². The molecule has 2 rings (SSSR count). The number of benzene rings is 1. The van der Waals surface area contributed by atoms with Gasteiger partial charge in [-0.2, -0.15) is 0 Å². The molecule has 3 N–H and O–H groups in total. The van der Waals surface area contributed by atoms with Crippen molar-refractivity contribution in [3.8, 4) is 0 Å². The highest BCUT2D eigenvalue weighted by Gasteiger charge is 2.45. The van der Waals surface area contributed by atoms with Crippen molar-refractivity contribution in [3.05, 3.63) is 29.8 Å². The van der Waals surface area contributed by atoms with E-state index < -0.39 is 0 Å². The molecule has 0 heterocycles. The maximum absolute atomic E-state index is 11.6. The van der Waals surface area contributed by atoms with Crippen LogP contribution >= 0.6 is 0 Å². The van der Waals surface area contributed by atoms with E-state index in [1.807, 2.05) is 24.3 Å². The molecule has 1 saturated carbocycles. The van der Waals surface area contributed by atoms with Crippen LogP contribution < -0.4 is 11.1 Å². The van der Waals surface area contributed by atoms with E-state index in [2.05, 4.69) is 5.32 Å². The van der Waals surface area contributed by atoms with E-state index in [1.54, 1.807) is 19.0 Å². The van der Waals surface area contributed by atoms with Crippen molar-refractivity contribution in [2.75, 3.05) is 19.8 Å². The lowest BCUT2D eigenvalue weighted by molar-refractivity contribution is 0.211. The molecule has 4 heteroatoms. The highest BCUT2D eigenvalue weighted by atomic mass is 16.2. The molecule has 0 atom stereocenters. The van der Waals surface area contributed by atoms with Gasteiger partial charge < -0.3 is 16.0 Å². The Balaban J connectivity index is 2.17. The third-order valence-corrected chi connectivity index (χ3v) is 2.94. The van der Waals surface area contributed by atoms with Gasteiger partial charge in [0.2, 0.25) is 0 Å². The molecule has 1 aliphatic carbocycles. The molecule has 0 unspecified atom stereocenters. The van der Waals surface area contributed by atoms with Gasteiger partial charge >= 0.3 is 6.03 Å². The molecule has 0 aliphatic heterocycles. The summed E-state index contributed by atoms with van der Waals surface area (Å²) in [4.78, 5) is 13.2. The van der Waals surface area contributed by atoms with Gasteiger partial charge in [0.05, 0.1) is 5.54 Å². The van der Waals surface area contributed by atoms with E-state index in [0.29, 0.717) is 0 Å². The molecule has 1 aromatic carbocycles. The Morgan fingerprint density at radius 2 is 2.12 bits per heavy atom. The molecule has 2 amide bonds. The Bertz CT molecular complexity index is 410. The Kier molecular flexibility index (Phi) is 2.50. The Labute approximate surface area is 95.4 Å². The number of rotatable bonds is 2. The first-order chi connectivity index (χ1) is 7.53. The quantitative estimate of drug-likeness (QED) is 0.741. The molecule has 0 saturated heterocycles. The van der Waals surface area contributed by atoms with Crippen LogP contribution in [0.5, 0.6) is 0 Å². The first-order valence-corrected chi connectivity index (χ1v) is 5.39. The summed E-state index contributed by atoms with van der Waals surface area (Å²) in [5, 5.41) is 3.04. The predicted octanol–water partition coefficient (Wildman–Crippen LogP) is 1.53. The second-order valence-corrected chi connectivity index (χ2v) is 4.53. The molecule has 1 fully saturated rings. The fourth-order valence-corrected chi connectivity index (χ4v) is 1.76. The second-order valence-electron chi connectivity index (χ2n) is 4.53. The first kappa shape index (κ1) is 10.8. The molecule has 86 valence electrons. The van der Waals surface area contributed by atoms with Gasteiger partial charge in [-0.05, 0) is 30.5 Å². The number of carbonyl (C=O) groups is 1. The number of hydrogen-bond donors (Lipinski definition) is 2. The van der Waals surface area contributed by atoms with Crippen LogP contribution in [0.25, 0.3) is 0 Å². The molecule has 0 spiro atoms. The fourth-order valence-electron chi connectivity index (χ4n) is 1.76. The topological polar surface area (TPSA) is 58.4 Å². The van der Waals surface area contributed by atoms with E-state index in [-0.39, 0.29) is 11.6 Å². The highest BCUT2D eigenvalue weighted by Crippen LogP contribution is 2.45. The minimum absolute atomic E-state index is 0.0556. The Morgan fingerprint density at radius 1 is 1.44 bits per heavy atom. The Morgan fingerprint density at radius 3 is 2.62 bits per heavy atom. The van der Waals surface area contributed by atoms with Crippen LogP contribution in [0.4, 0.5) is 10.5 Å². The van der Waals surface area contributed by atoms with Crippen LogP contribution in [-0.4, -0.2) is 25.0 Å². The van der Waals surface area contributed by atoms with Crippen molar-refractivity contribution in [3.63, 3.8) is 0 Å². The van der Waals surface area contributed by atoms with E-state index in [4.69, 9.17) is 5.73 Å². The van der Waals surface area contributed by atoms with Gasteiger partial charge in [-0.15, -0.1) is 0 Å². The van der Waals surface area contributed by atoms with Crippen LogP contribution in [0.2, 0.25) is 0 Å². The molecule has 1 aromatic rings. The lowest BCUT2D eigenvalue weighted by Gasteiger charge is -2.21. The normalized spacial score (nSPS) is 16.6. The Hall–Kier alpha value is -1.71. The number of urea groups is 1. The smallest absolute Gasteiger partial charge is 0.317 e. The molecule has 16 heavy (non-hydrogen) atoms. The minimum Gasteiger partial charge on any atom is -0.399 e. The summed E-state index contributed by atoms with van der Waals surface area (Å²) in [6.07, 6.45) is 1.96. The number of nitrogens with one attached hydrogen (secondary N) is 1. The summed E-state index contributed by atoms with van der Waals surface area (Å²) in [6, 6.07) is 7.67. The number of nitrogen functional groups attached to an aromatic ring is 1. The number of nitrogens with zero attached hydrogens (tertiary/aromatic N) is 1. The molecule has 1 aliphatic rings. The summed E-state index contributed by atoms with van der Waals surface area (Å²) in [5.74, 6) is 0. The van der Waals surface area contributed by atoms with Gasteiger partial charge in [-0.3, -0.25) is 0 Å². The standard InChI is InChI=1S/C12H17N3O/c1-15(2)11(16)14-12(6-7-12)9-4-3-5-10(13)8-9/h3-5,8H,6-7,13H2,1-2H3,(H,14,16). The van der Waals surface area contributed by atoms with Gasteiger partial charge in [0.1, 0.15) is 0 Å². The molecular formula is C12H17N3O. The first-order valence-electron chi connectivity index (χ1n) is 5.39. The lowest BCUT2D eigenvalue weighted by atomic mass is 10.0. The van der Waals surface area contributed by atoms with Crippen LogP contribution in [0, 0.1) is 0 Å². The van der Waals surface area contributed by atoms with E-state index in [0.717, 1.165) is 24.1 Å². The van der Waals surface area contributed by atoms with E-state index in [9.17, 15) is 4.79 Å². The van der Waals surface area contributed by atoms with Crippen LogP contribution in [0.3, 0.4) is 0 Å². The molecule has 0 radical (unpaired) electrons. The maximum Gasteiger partial charge on any atom is 0.317 e. The summed E-state index contributed by atoms with van der Waals surface area (Å²) in [7, 11) is 3.48. The number of amides is 2. The number of carbonyl (C=O) groups excluding carboxylic acids is 1. The zero-order chi connectivity index (χ0) is 11.8. The van der Waals surface area contributed by atoms with Crippen molar-refractivity contribution in [1.82, 2.24) is 10.2 Å². The zero-order valence-electron chi connectivity index (χ0n) is 9.66. The third-order valence-electron chi connectivity index (χ3n) is 2.94. The zero-order valence-corrected chi connectivity index (χ0v) is 9.66. The second kappa shape index (κ2) is 3.70. The van der Waals surface area contributed by atoms with Crippen molar-refractivity contribution in [2.45, 2.75) is 18.4 Å². The van der Waals surface area contributed by atoms with Gasteiger partial charge in [0, 0.05) is 19.8 Å². The van der Waals surface area contributed by atoms with Crippen molar-refractivity contribution in [2.24, 2.45) is 0 Å². The summed E-state index contributed by atoms with van der Waals surface area (Å²) in [6.45, 7) is 0. The van der Waals surface area contributed by atoms with Gasteiger partial charge in [-0.25, -0.2) is 4.79 Å². The van der Waals surface area contributed by atoms with Crippen LogP contribution in [0.1, 0.15) is 18.4 Å². The minimum atomic E-state index is -0.184. The maximum atomic E-state index is 11.6. The number of anilines is 1. The lowest BCUT2D eigenvalue weighted by Crippen LogP contribution is -2.41. The average molecular weight is 219 g/mol. The summed E-state index contributed by atoms with van der Waals surface area (Å²) in [5.41, 5.74) is 7.41. The molecular weight excluding hydrogens is 202 g/mol. The average Bonchev–Trinajstić information content (AvgIpc) is 2.99. The predicted molar refractivity (Wildman–Crippen MR) is 64.0 cm³/mol. The van der Waals surface area contributed by atoms with Crippen LogP contribution in [-0.2, 0) is 5.54 Å². The number of nitrogens with two attached hydrogens (primary N) is 1. The summed E-state index contributed by atoms with van der Waals surface area (Å²) < 4.78 is 0. The molecule has 0 bridgehead atoms. The van der Waals surface area contributed by atoms with Crippen molar-refractivity contribution in [1.29, 1.82) is 0 Å². The molecule has 4 nitrogen and oxygen atoms in total. The van der Waals surface area contributed by atoms with Gasteiger partial charge in [0.15, 0.2) is 0 Å². The summed E-state index contributed by atoms with van der Waals surface area (Å²) >= 11 is 0. The van der Waals surface area contributed by atoms with E-state index >= 15 is 0 Å². The van der Waals surface area contributed by atoms with Crippen LogP contribution in [0.15, 0.2) is 24.3 Å². The highest BCUT2D eigenvalue weighted by molar-refractivity contribution is 5.75. The van der Waals surface area contributed by atoms with Gasteiger partial charge in [-0.1, -0.05) is 12.1 Å².